The highest BCUT2D eigenvalue weighted by molar-refractivity contribution is 5.78. The average molecular weight is 298 g/mol. The Labute approximate surface area is 133 Å². The van der Waals surface area contributed by atoms with E-state index in [4.69, 9.17) is 4.74 Å². The minimum Gasteiger partial charge on any atom is -0.469 e. The van der Waals surface area contributed by atoms with Gasteiger partial charge in [0, 0.05) is 0 Å². The first-order valence-corrected chi connectivity index (χ1v) is 8.80. The molecule has 4 aliphatic rings. The number of hydrogen-bond donors (Lipinski definition) is 0. The summed E-state index contributed by atoms with van der Waals surface area (Å²) in [5.41, 5.74) is 1.54. The lowest BCUT2D eigenvalue weighted by Crippen LogP contribution is -2.47. The van der Waals surface area contributed by atoms with E-state index in [9.17, 15) is 4.79 Å². The second-order valence-corrected chi connectivity index (χ2v) is 8.11. The second-order valence-electron chi connectivity index (χ2n) is 8.11. The molecule has 22 heavy (non-hydrogen) atoms. The molecular formula is C20H26O2. The summed E-state index contributed by atoms with van der Waals surface area (Å²) in [7, 11) is 1.53. The van der Waals surface area contributed by atoms with E-state index in [1.807, 2.05) is 18.2 Å². The van der Waals surface area contributed by atoms with Gasteiger partial charge in [-0.25, -0.2) is 0 Å². The van der Waals surface area contributed by atoms with Crippen LogP contribution in [0.4, 0.5) is 0 Å². The van der Waals surface area contributed by atoms with Crippen molar-refractivity contribution in [2.75, 3.05) is 7.11 Å². The molecule has 0 saturated heterocycles. The highest BCUT2D eigenvalue weighted by Crippen LogP contribution is 2.62. The van der Waals surface area contributed by atoms with Crippen LogP contribution in [0.25, 0.3) is 0 Å². The molecule has 0 spiro atoms. The van der Waals surface area contributed by atoms with Gasteiger partial charge >= 0.3 is 5.97 Å². The summed E-state index contributed by atoms with van der Waals surface area (Å²) < 4.78 is 5.14. The van der Waals surface area contributed by atoms with Crippen molar-refractivity contribution in [3.8, 4) is 0 Å². The molecule has 4 saturated carbocycles. The Kier molecular flexibility index (Phi) is 3.51. The van der Waals surface area contributed by atoms with Crippen molar-refractivity contribution in [2.24, 2.45) is 23.2 Å². The van der Waals surface area contributed by atoms with E-state index in [0.717, 1.165) is 29.7 Å². The minimum atomic E-state index is -0.0811. The zero-order valence-electron chi connectivity index (χ0n) is 13.5. The summed E-state index contributed by atoms with van der Waals surface area (Å²) in [6.07, 6.45) is 9.39. The van der Waals surface area contributed by atoms with Crippen molar-refractivity contribution >= 4 is 5.97 Å². The fourth-order valence-electron chi connectivity index (χ4n) is 6.14. The van der Waals surface area contributed by atoms with Gasteiger partial charge in [0.15, 0.2) is 0 Å². The van der Waals surface area contributed by atoms with Crippen LogP contribution in [-0.2, 0) is 9.53 Å². The molecule has 4 aliphatic carbocycles. The SMILES string of the molecule is COC(=O)C(CC12CC3CC(CC(C3)C1)C2)c1ccccc1. The summed E-state index contributed by atoms with van der Waals surface area (Å²) >= 11 is 0. The third-order valence-corrected chi connectivity index (χ3v) is 6.49. The third-order valence-electron chi connectivity index (χ3n) is 6.49. The zero-order chi connectivity index (χ0) is 15.2. The van der Waals surface area contributed by atoms with Gasteiger partial charge in [-0.2, -0.15) is 0 Å². The molecule has 0 radical (unpaired) electrons. The molecule has 5 rings (SSSR count). The lowest BCUT2D eigenvalue weighted by atomic mass is 9.48. The van der Waals surface area contributed by atoms with Crippen molar-refractivity contribution in [1.82, 2.24) is 0 Å². The van der Waals surface area contributed by atoms with Gasteiger partial charge in [-0.05, 0) is 73.7 Å². The number of methoxy groups -OCH3 is 1. The van der Waals surface area contributed by atoms with Crippen LogP contribution >= 0.6 is 0 Å². The summed E-state index contributed by atoms with van der Waals surface area (Å²) in [4.78, 5) is 12.4. The van der Waals surface area contributed by atoms with Crippen molar-refractivity contribution in [1.29, 1.82) is 0 Å². The normalized spacial score (nSPS) is 37.0. The number of rotatable bonds is 4. The first-order chi connectivity index (χ1) is 10.7. The average Bonchev–Trinajstić information content (AvgIpc) is 2.51. The molecule has 4 fully saturated rings. The quantitative estimate of drug-likeness (QED) is 0.762. The van der Waals surface area contributed by atoms with Crippen LogP contribution in [0.15, 0.2) is 30.3 Å². The van der Waals surface area contributed by atoms with Crippen LogP contribution in [0, 0.1) is 23.2 Å². The molecule has 0 heterocycles. The molecule has 1 unspecified atom stereocenters. The van der Waals surface area contributed by atoms with Crippen molar-refractivity contribution in [3.05, 3.63) is 35.9 Å². The standard InChI is InChI=1S/C20H26O2/c1-22-19(21)18(17-5-3-2-4-6-17)13-20-10-14-7-15(11-20)9-16(8-14)12-20/h2-6,14-16,18H,7-13H2,1H3. The number of carbonyl (C=O) groups is 1. The molecule has 1 aromatic rings. The predicted molar refractivity (Wildman–Crippen MR) is 86.4 cm³/mol. The summed E-state index contributed by atoms with van der Waals surface area (Å²) in [5, 5.41) is 0. The van der Waals surface area contributed by atoms with E-state index in [0.29, 0.717) is 5.41 Å². The first-order valence-electron chi connectivity index (χ1n) is 8.80. The Bertz CT molecular complexity index is 513. The molecule has 1 atom stereocenters. The fourth-order valence-corrected chi connectivity index (χ4v) is 6.14. The Balaban J connectivity index is 1.60. The smallest absolute Gasteiger partial charge is 0.313 e. The van der Waals surface area contributed by atoms with E-state index >= 15 is 0 Å². The summed E-state index contributed by atoms with van der Waals surface area (Å²) in [6, 6.07) is 10.3. The summed E-state index contributed by atoms with van der Waals surface area (Å²) in [6.45, 7) is 0. The molecular weight excluding hydrogens is 272 g/mol. The molecule has 0 aromatic heterocycles. The number of hydrogen-bond acceptors (Lipinski definition) is 2. The van der Waals surface area contributed by atoms with E-state index < -0.39 is 0 Å². The van der Waals surface area contributed by atoms with Crippen LogP contribution in [0.2, 0.25) is 0 Å². The van der Waals surface area contributed by atoms with Crippen LogP contribution < -0.4 is 0 Å². The highest BCUT2D eigenvalue weighted by atomic mass is 16.5. The van der Waals surface area contributed by atoms with Crippen LogP contribution in [0.3, 0.4) is 0 Å². The van der Waals surface area contributed by atoms with E-state index in [1.165, 1.54) is 45.6 Å². The minimum absolute atomic E-state index is 0.0538. The number of esters is 1. The van der Waals surface area contributed by atoms with Gasteiger partial charge in [-0.15, -0.1) is 0 Å². The molecule has 0 aliphatic heterocycles. The van der Waals surface area contributed by atoms with Crippen LogP contribution in [0.1, 0.15) is 56.4 Å². The number of benzene rings is 1. The predicted octanol–water partition coefficient (Wildman–Crippen LogP) is 4.55. The first kappa shape index (κ1) is 14.3. The lowest BCUT2D eigenvalue weighted by molar-refractivity contribution is -0.145. The number of carbonyl (C=O) groups excluding carboxylic acids is 1. The lowest BCUT2D eigenvalue weighted by Gasteiger charge is -2.57. The largest absolute Gasteiger partial charge is 0.469 e. The van der Waals surface area contributed by atoms with Gasteiger partial charge in [0.25, 0.3) is 0 Å². The Hall–Kier alpha value is -1.31. The Morgan fingerprint density at radius 1 is 1.09 bits per heavy atom. The Morgan fingerprint density at radius 2 is 1.64 bits per heavy atom. The van der Waals surface area contributed by atoms with Gasteiger partial charge in [-0.1, -0.05) is 30.3 Å². The topological polar surface area (TPSA) is 26.3 Å². The van der Waals surface area contributed by atoms with Crippen molar-refractivity contribution < 1.29 is 9.53 Å². The zero-order valence-corrected chi connectivity index (χ0v) is 13.5. The van der Waals surface area contributed by atoms with Crippen molar-refractivity contribution in [3.63, 3.8) is 0 Å². The maximum absolute atomic E-state index is 12.4. The van der Waals surface area contributed by atoms with Crippen molar-refractivity contribution in [2.45, 2.75) is 50.9 Å². The number of ether oxygens (including phenoxy) is 1. The van der Waals surface area contributed by atoms with E-state index in [1.54, 1.807) is 0 Å². The van der Waals surface area contributed by atoms with E-state index in [-0.39, 0.29) is 11.9 Å². The van der Waals surface area contributed by atoms with Gasteiger partial charge in [0.05, 0.1) is 13.0 Å². The second kappa shape index (κ2) is 5.40. The third kappa shape index (κ3) is 2.47. The van der Waals surface area contributed by atoms with Gasteiger partial charge in [0.2, 0.25) is 0 Å². The molecule has 0 amide bonds. The van der Waals surface area contributed by atoms with E-state index in [2.05, 4.69) is 12.1 Å². The Morgan fingerprint density at radius 3 is 2.14 bits per heavy atom. The monoisotopic (exact) mass is 298 g/mol. The van der Waals surface area contributed by atoms with Gasteiger partial charge in [0.1, 0.15) is 0 Å². The molecule has 2 nitrogen and oxygen atoms in total. The molecule has 1 aromatic carbocycles. The molecule has 0 N–H and O–H groups in total. The van der Waals surface area contributed by atoms with Crippen LogP contribution in [-0.4, -0.2) is 13.1 Å². The molecule has 2 heteroatoms. The van der Waals surface area contributed by atoms with Crippen LogP contribution in [0.5, 0.6) is 0 Å². The summed E-state index contributed by atoms with van der Waals surface area (Å²) in [5.74, 6) is 2.66. The fraction of sp³-hybridized carbons (Fsp3) is 0.650. The molecule has 118 valence electrons. The molecule has 4 bridgehead atoms. The van der Waals surface area contributed by atoms with Gasteiger partial charge < -0.3 is 4.74 Å². The van der Waals surface area contributed by atoms with Gasteiger partial charge in [-0.3, -0.25) is 4.79 Å². The maximum Gasteiger partial charge on any atom is 0.313 e. The maximum atomic E-state index is 12.4. The highest BCUT2D eigenvalue weighted by Gasteiger charge is 2.52.